The van der Waals surface area contributed by atoms with Crippen molar-refractivity contribution in [3.8, 4) is 0 Å². The Balaban J connectivity index is 2.39. The third kappa shape index (κ3) is 2.98. The Morgan fingerprint density at radius 1 is 1.55 bits per heavy atom. The molecule has 110 valence electrons. The molecule has 1 saturated heterocycles. The molecule has 1 aromatic carbocycles. The summed E-state index contributed by atoms with van der Waals surface area (Å²) in [6.45, 7) is 3.04. The Hall–Kier alpha value is -1.50. The van der Waals surface area contributed by atoms with Crippen LogP contribution in [0, 0.1) is 0 Å². The fourth-order valence-electron chi connectivity index (χ4n) is 2.42. The molecule has 2 unspecified atom stereocenters. The molecule has 1 aliphatic rings. The summed E-state index contributed by atoms with van der Waals surface area (Å²) in [6.07, 6.45) is -0.294. The van der Waals surface area contributed by atoms with Crippen LogP contribution in [0.2, 0.25) is 5.02 Å². The highest BCUT2D eigenvalue weighted by Gasteiger charge is 2.27. The monoisotopic (exact) mass is 299 g/mol. The minimum Gasteiger partial charge on any atom is -0.409 e. The zero-order valence-electron chi connectivity index (χ0n) is 11.2. The lowest BCUT2D eigenvalue weighted by Crippen LogP contribution is -2.48. The average Bonchev–Trinajstić information content (AvgIpc) is 2.45. The maximum atomic E-state index is 9.29. The quantitative estimate of drug-likeness (QED) is 0.335. The van der Waals surface area contributed by atoms with E-state index in [0.29, 0.717) is 23.7 Å². The molecular formula is C13H18ClN3O3. The molecule has 0 aromatic heterocycles. The number of nitrogens with zero attached hydrogens (tertiary/aromatic N) is 2. The SMILES string of the molecule is CC1CN(c2cccc(Cl)c2/C(N)=N/O)CC(CO)O1. The number of hydrogen-bond acceptors (Lipinski definition) is 5. The van der Waals surface area contributed by atoms with E-state index in [-0.39, 0.29) is 24.7 Å². The number of amidine groups is 1. The van der Waals surface area contributed by atoms with Crippen molar-refractivity contribution in [1.29, 1.82) is 0 Å². The summed E-state index contributed by atoms with van der Waals surface area (Å²) in [5.74, 6) is -0.0368. The van der Waals surface area contributed by atoms with Crippen LogP contribution >= 0.6 is 11.6 Å². The predicted molar refractivity (Wildman–Crippen MR) is 77.6 cm³/mol. The van der Waals surface area contributed by atoms with E-state index in [2.05, 4.69) is 5.16 Å². The lowest BCUT2D eigenvalue weighted by molar-refractivity contribution is -0.0421. The Morgan fingerprint density at radius 3 is 2.95 bits per heavy atom. The lowest BCUT2D eigenvalue weighted by Gasteiger charge is -2.38. The standard InChI is InChI=1S/C13H18ClN3O3/c1-8-5-17(6-9(7-18)20-8)11-4-2-3-10(14)12(11)13(15)16-19/h2-4,8-9,18-19H,5-7H2,1H3,(H2,15,16). The number of benzene rings is 1. The van der Waals surface area contributed by atoms with Crippen LogP contribution < -0.4 is 10.6 Å². The van der Waals surface area contributed by atoms with Crippen LogP contribution in [-0.4, -0.2) is 48.1 Å². The van der Waals surface area contributed by atoms with Gasteiger partial charge in [-0.2, -0.15) is 0 Å². The number of oxime groups is 1. The molecule has 0 amide bonds. The number of rotatable bonds is 3. The third-order valence-electron chi connectivity index (χ3n) is 3.23. The van der Waals surface area contributed by atoms with Crippen molar-refractivity contribution in [2.45, 2.75) is 19.1 Å². The fourth-order valence-corrected chi connectivity index (χ4v) is 2.69. The zero-order chi connectivity index (χ0) is 14.7. The summed E-state index contributed by atoms with van der Waals surface area (Å²) >= 11 is 6.15. The van der Waals surface area contributed by atoms with E-state index < -0.39 is 0 Å². The van der Waals surface area contributed by atoms with Crippen molar-refractivity contribution in [1.82, 2.24) is 0 Å². The molecule has 6 nitrogen and oxygen atoms in total. The number of aliphatic hydroxyl groups is 1. The van der Waals surface area contributed by atoms with Crippen molar-refractivity contribution >= 4 is 23.1 Å². The largest absolute Gasteiger partial charge is 0.409 e. The third-order valence-corrected chi connectivity index (χ3v) is 3.54. The van der Waals surface area contributed by atoms with Crippen LogP contribution in [0.4, 0.5) is 5.69 Å². The second kappa shape index (κ2) is 6.30. The molecule has 0 spiro atoms. The number of hydrogen-bond donors (Lipinski definition) is 3. The molecule has 1 fully saturated rings. The van der Waals surface area contributed by atoms with Crippen LogP contribution in [0.1, 0.15) is 12.5 Å². The van der Waals surface area contributed by atoms with Crippen LogP contribution in [0.25, 0.3) is 0 Å². The molecule has 1 aromatic rings. The van der Waals surface area contributed by atoms with Gasteiger partial charge in [-0.15, -0.1) is 0 Å². The lowest BCUT2D eigenvalue weighted by atomic mass is 10.1. The molecule has 0 radical (unpaired) electrons. The van der Waals surface area contributed by atoms with Crippen molar-refractivity contribution in [2.75, 3.05) is 24.6 Å². The van der Waals surface area contributed by atoms with Gasteiger partial charge in [0.25, 0.3) is 0 Å². The Labute approximate surface area is 122 Å². The molecule has 0 bridgehead atoms. The maximum absolute atomic E-state index is 9.29. The highest BCUT2D eigenvalue weighted by molar-refractivity contribution is 6.34. The van der Waals surface area contributed by atoms with Gasteiger partial charge >= 0.3 is 0 Å². The van der Waals surface area contributed by atoms with Crippen molar-refractivity contribution in [3.05, 3.63) is 28.8 Å². The van der Waals surface area contributed by atoms with E-state index in [1.165, 1.54) is 0 Å². The predicted octanol–water partition coefficient (Wildman–Crippen LogP) is 1.02. The van der Waals surface area contributed by atoms with Crippen LogP contribution in [0.15, 0.2) is 23.4 Å². The summed E-state index contributed by atoms with van der Waals surface area (Å²) in [5, 5.41) is 21.6. The summed E-state index contributed by atoms with van der Waals surface area (Å²) < 4.78 is 5.61. The number of halogens is 1. The second-order valence-electron chi connectivity index (χ2n) is 4.78. The Kier molecular flexibility index (Phi) is 4.69. The van der Waals surface area contributed by atoms with Gasteiger partial charge in [0.2, 0.25) is 0 Å². The van der Waals surface area contributed by atoms with E-state index in [9.17, 15) is 5.11 Å². The molecule has 1 aliphatic heterocycles. The van der Waals surface area contributed by atoms with E-state index in [1.807, 2.05) is 17.9 Å². The first kappa shape index (κ1) is 14.9. The van der Waals surface area contributed by atoms with Gasteiger partial charge in [-0.05, 0) is 19.1 Å². The molecule has 1 heterocycles. The topological polar surface area (TPSA) is 91.3 Å². The minimum atomic E-state index is -0.266. The maximum Gasteiger partial charge on any atom is 0.173 e. The smallest absolute Gasteiger partial charge is 0.173 e. The van der Waals surface area contributed by atoms with Gasteiger partial charge in [-0.25, -0.2) is 0 Å². The molecule has 7 heteroatoms. The van der Waals surface area contributed by atoms with Crippen molar-refractivity contribution in [3.63, 3.8) is 0 Å². The molecule has 20 heavy (non-hydrogen) atoms. The van der Waals surface area contributed by atoms with Gasteiger partial charge in [0.15, 0.2) is 5.84 Å². The number of ether oxygens (including phenoxy) is 1. The summed E-state index contributed by atoms with van der Waals surface area (Å²) in [4.78, 5) is 2.02. The zero-order valence-corrected chi connectivity index (χ0v) is 11.9. The normalized spacial score (nSPS) is 23.9. The highest BCUT2D eigenvalue weighted by Crippen LogP contribution is 2.29. The van der Waals surface area contributed by atoms with Crippen LogP contribution in [-0.2, 0) is 4.74 Å². The summed E-state index contributed by atoms with van der Waals surface area (Å²) in [7, 11) is 0. The second-order valence-corrected chi connectivity index (χ2v) is 5.18. The first-order valence-electron chi connectivity index (χ1n) is 6.34. The van der Waals surface area contributed by atoms with Gasteiger partial charge in [0.05, 0.1) is 29.4 Å². The molecule has 2 atom stereocenters. The molecule has 2 rings (SSSR count). The van der Waals surface area contributed by atoms with Gasteiger partial charge < -0.3 is 25.7 Å². The number of anilines is 1. The minimum absolute atomic E-state index is 0.0278. The average molecular weight is 300 g/mol. The van der Waals surface area contributed by atoms with E-state index in [1.54, 1.807) is 12.1 Å². The van der Waals surface area contributed by atoms with Crippen LogP contribution in [0.5, 0.6) is 0 Å². The van der Waals surface area contributed by atoms with E-state index >= 15 is 0 Å². The van der Waals surface area contributed by atoms with Gasteiger partial charge in [-0.3, -0.25) is 0 Å². The number of morpholine rings is 1. The fraction of sp³-hybridized carbons (Fsp3) is 0.462. The van der Waals surface area contributed by atoms with Crippen molar-refractivity contribution < 1.29 is 15.1 Å². The van der Waals surface area contributed by atoms with E-state index in [4.69, 9.17) is 27.3 Å². The molecule has 0 aliphatic carbocycles. The number of aliphatic hydroxyl groups excluding tert-OH is 1. The van der Waals surface area contributed by atoms with Gasteiger partial charge in [0, 0.05) is 18.8 Å². The first-order chi connectivity index (χ1) is 9.56. The molecular weight excluding hydrogens is 282 g/mol. The van der Waals surface area contributed by atoms with Crippen molar-refractivity contribution in [2.24, 2.45) is 10.9 Å². The summed E-state index contributed by atoms with van der Waals surface area (Å²) in [5.41, 5.74) is 6.97. The molecule has 4 N–H and O–H groups in total. The Bertz CT molecular complexity index is 510. The summed E-state index contributed by atoms with van der Waals surface area (Å²) in [6, 6.07) is 5.34. The first-order valence-corrected chi connectivity index (χ1v) is 6.72. The number of nitrogens with two attached hydrogens (primary N) is 1. The van der Waals surface area contributed by atoms with Gasteiger partial charge in [0.1, 0.15) is 0 Å². The van der Waals surface area contributed by atoms with Crippen LogP contribution in [0.3, 0.4) is 0 Å². The van der Waals surface area contributed by atoms with E-state index in [0.717, 1.165) is 5.69 Å². The molecule has 0 saturated carbocycles. The Morgan fingerprint density at radius 2 is 2.30 bits per heavy atom. The highest BCUT2D eigenvalue weighted by atomic mass is 35.5. The van der Waals surface area contributed by atoms with Gasteiger partial charge in [-0.1, -0.05) is 22.8 Å².